The molecule has 156 valence electrons. The molecule has 33 heavy (non-hydrogen) atoms. The average molecular weight is 422 g/mol. The molecule has 0 bridgehead atoms. The van der Waals surface area contributed by atoms with E-state index in [1.807, 2.05) is 0 Å². The third kappa shape index (κ3) is 3.86. The van der Waals surface area contributed by atoms with Crippen LogP contribution in [0.5, 0.6) is 0 Å². The average Bonchev–Trinajstić information content (AvgIpc) is 2.89. The highest BCUT2D eigenvalue weighted by Gasteiger charge is 2.05. The molecule has 6 rings (SSSR count). The van der Waals surface area contributed by atoms with Gasteiger partial charge >= 0.3 is 0 Å². The van der Waals surface area contributed by atoms with Gasteiger partial charge in [0.2, 0.25) is 0 Å². The molecular formula is C32H23N. The first-order valence-corrected chi connectivity index (χ1v) is 11.3. The van der Waals surface area contributed by atoms with Crippen molar-refractivity contribution < 1.29 is 0 Å². The van der Waals surface area contributed by atoms with Crippen molar-refractivity contribution >= 4 is 32.9 Å². The minimum atomic E-state index is 1.08. The predicted octanol–water partition coefficient (Wildman–Crippen LogP) is 9.07. The van der Waals surface area contributed by atoms with Gasteiger partial charge < -0.3 is 5.32 Å². The van der Waals surface area contributed by atoms with E-state index in [1.165, 1.54) is 43.8 Å². The summed E-state index contributed by atoms with van der Waals surface area (Å²) in [4.78, 5) is 0. The van der Waals surface area contributed by atoms with Crippen molar-refractivity contribution in [3.05, 3.63) is 133 Å². The van der Waals surface area contributed by atoms with Gasteiger partial charge in [-0.1, -0.05) is 103 Å². The lowest BCUT2D eigenvalue weighted by Gasteiger charge is -2.12. The molecule has 1 N–H and O–H groups in total. The number of hydrogen-bond acceptors (Lipinski definition) is 1. The minimum Gasteiger partial charge on any atom is -0.355 e. The van der Waals surface area contributed by atoms with E-state index >= 15 is 0 Å². The van der Waals surface area contributed by atoms with Crippen LogP contribution in [0, 0.1) is 0 Å². The van der Waals surface area contributed by atoms with E-state index < -0.39 is 0 Å². The van der Waals surface area contributed by atoms with Gasteiger partial charge in [0, 0.05) is 11.4 Å². The normalized spacial score (nSPS) is 11.0. The van der Waals surface area contributed by atoms with Gasteiger partial charge in [-0.2, -0.15) is 0 Å². The molecule has 1 heteroatoms. The van der Waals surface area contributed by atoms with Gasteiger partial charge in [0.15, 0.2) is 0 Å². The lowest BCUT2D eigenvalue weighted by atomic mass is 9.99. The summed E-state index contributed by atoms with van der Waals surface area (Å²) in [6.45, 7) is 0. The van der Waals surface area contributed by atoms with E-state index in [4.69, 9.17) is 0 Å². The first-order chi connectivity index (χ1) is 16.3. The van der Waals surface area contributed by atoms with Crippen LogP contribution in [-0.4, -0.2) is 0 Å². The first kappa shape index (κ1) is 19.3. The van der Waals surface area contributed by atoms with Crippen LogP contribution in [0.1, 0.15) is 0 Å². The van der Waals surface area contributed by atoms with Crippen LogP contribution in [0.25, 0.3) is 43.8 Å². The number of hydrogen-bond donors (Lipinski definition) is 1. The maximum atomic E-state index is 3.62. The van der Waals surface area contributed by atoms with Crippen molar-refractivity contribution in [3.63, 3.8) is 0 Å². The van der Waals surface area contributed by atoms with Gasteiger partial charge in [-0.25, -0.2) is 0 Å². The van der Waals surface area contributed by atoms with Crippen LogP contribution in [-0.2, 0) is 0 Å². The van der Waals surface area contributed by atoms with Crippen molar-refractivity contribution in [2.45, 2.75) is 0 Å². The monoisotopic (exact) mass is 421 g/mol. The number of nitrogens with one attached hydrogen (secondary N) is 1. The summed E-state index contributed by atoms with van der Waals surface area (Å²) in [5.41, 5.74) is 7.05. The fourth-order valence-corrected chi connectivity index (χ4v) is 4.53. The van der Waals surface area contributed by atoms with Crippen molar-refractivity contribution in [3.8, 4) is 22.3 Å². The molecule has 0 aromatic heterocycles. The molecule has 0 atom stereocenters. The lowest BCUT2D eigenvalue weighted by molar-refractivity contribution is 1.55. The molecule has 0 aliphatic heterocycles. The SMILES string of the molecule is c1ccc(-c2cccc(-c3cccc(Nc4ccc5ccc6ccccc6c5c4)c3)c2)cc1. The number of benzene rings is 6. The second-order valence-corrected chi connectivity index (χ2v) is 8.38. The van der Waals surface area contributed by atoms with Crippen LogP contribution >= 0.6 is 0 Å². The smallest absolute Gasteiger partial charge is 0.0390 e. The first-order valence-electron chi connectivity index (χ1n) is 11.3. The molecule has 0 heterocycles. The molecule has 0 amide bonds. The van der Waals surface area contributed by atoms with E-state index in [0.29, 0.717) is 0 Å². The van der Waals surface area contributed by atoms with Crippen molar-refractivity contribution in [2.75, 3.05) is 5.32 Å². The van der Waals surface area contributed by atoms with Crippen LogP contribution in [0.3, 0.4) is 0 Å². The second-order valence-electron chi connectivity index (χ2n) is 8.38. The van der Waals surface area contributed by atoms with E-state index in [9.17, 15) is 0 Å². The zero-order valence-electron chi connectivity index (χ0n) is 18.2. The quantitative estimate of drug-likeness (QED) is 0.280. The van der Waals surface area contributed by atoms with Crippen molar-refractivity contribution in [1.82, 2.24) is 0 Å². The predicted molar refractivity (Wildman–Crippen MR) is 142 cm³/mol. The number of fused-ring (bicyclic) bond motifs is 3. The maximum absolute atomic E-state index is 3.62. The Kier molecular flexibility index (Phi) is 4.86. The number of anilines is 2. The third-order valence-corrected chi connectivity index (χ3v) is 6.20. The zero-order valence-corrected chi connectivity index (χ0v) is 18.2. The molecule has 0 radical (unpaired) electrons. The summed E-state index contributed by atoms with van der Waals surface area (Å²) in [5.74, 6) is 0. The van der Waals surface area contributed by atoms with Gasteiger partial charge in [-0.15, -0.1) is 0 Å². The van der Waals surface area contributed by atoms with Crippen molar-refractivity contribution in [1.29, 1.82) is 0 Å². The Hall–Kier alpha value is -4.36. The Balaban J connectivity index is 1.34. The van der Waals surface area contributed by atoms with Gasteiger partial charge in [0.1, 0.15) is 0 Å². The van der Waals surface area contributed by atoms with Crippen LogP contribution in [0.15, 0.2) is 133 Å². The molecule has 6 aromatic rings. The van der Waals surface area contributed by atoms with E-state index in [2.05, 4.69) is 139 Å². The lowest BCUT2D eigenvalue weighted by Crippen LogP contribution is -1.91. The largest absolute Gasteiger partial charge is 0.355 e. The van der Waals surface area contributed by atoms with Gasteiger partial charge in [-0.3, -0.25) is 0 Å². The van der Waals surface area contributed by atoms with Gasteiger partial charge in [-0.05, 0) is 74.1 Å². The molecule has 0 saturated heterocycles. The van der Waals surface area contributed by atoms with Crippen LogP contribution in [0.4, 0.5) is 11.4 Å². The highest BCUT2D eigenvalue weighted by atomic mass is 14.9. The fraction of sp³-hybridized carbons (Fsp3) is 0. The Morgan fingerprint density at radius 1 is 0.333 bits per heavy atom. The summed E-state index contributed by atoms with van der Waals surface area (Å²) in [6.07, 6.45) is 0. The Labute approximate surface area is 194 Å². The maximum Gasteiger partial charge on any atom is 0.0390 e. The highest BCUT2D eigenvalue weighted by Crippen LogP contribution is 2.31. The van der Waals surface area contributed by atoms with E-state index in [-0.39, 0.29) is 0 Å². The Morgan fingerprint density at radius 3 is 1.76 bits per heavy atom. The van der Waals surface area contributed by atoms with E-state index in [0.717, 1.165) is 11.4 Å². The second kappa shape index (κ2) is 8.29. The molecule has 0 fully saturated rings. The summed E-state index contributed by atoms with van der Waals surface area (Å²) < 4.78 is 0. The molecule has 0 aliphatic rings. The minimum absolute atomic E-state index is 1.08. The van der Waals surface area contributed by atoms with Gasteiger partial charge in [0.05, 0.1) is 0 Å². The zero-order chi connectivity index (χ0) is 22.0. The molecular weight excluding hydrogens is 398 g/mol. The summed E-state index contributed by atoms with van der Waals surface area (Å²) >= 11 is 0. The van der Waals surface area contributed by atoms with E-state index in [1.54, 1.807) is 0 Å². The van der Waals surface area contributed by atoms with Gasteiger partial charge in [0.25, 0.3) is 0 Å². The summed E-state index contributed by atoms with van der Waals surface area (Å²) in [7, 11) is 0. The highest BCUT2D eigenvalue weighted by molar-refractivity contribution is 6.08. The Morgan fingerprint density at radius 2 is 0.909 bits per heavy atom. The summed E-state index contributed by atoms with van der Waals surface area (Å²) in [6, 6.07) is 47.4. The molecule has 1 nitrogen and oxygen atoms in total. The van der Waals surface area contributed by atoms with Crippen molar-refractivity contribution in [2.24, 2.45) is 0 Å². The summed E-state index contributed by atoms with van der Waals surface area (Å²) in [5, 5.41) is 8.69. The third-order valence-electron chi connectivity index (χ3n) is 6.20. The topological polar surface area (TPSA) is 12.0 Å². The van der Waals surface area contributed by atoms with Crippen LogP contribution in [0.2, 0.25) is 0 Å². The molecule has 0 saturated carbocycles. The molecule has 0 aliphatic carbocycles. The number of rotatable bonds is 4. The molecule has 6 aromatic carbocycles. The Bertz CT molecular complexity index is 1580. The standard InChI is InChI=1S/C32H23N/c1-2-8-23(9-3-1)26-11-6-12-27(20-26)28-13-7-14-29(21-28)33-30-19-18-25-17-16-24-10-4-5-15-31(24)32(25)22-30/h1-22,33H. The van der Waals surface area contributed by atoms with Crippen LogP contribution < -0.4 is 5.32 Å². The fourth-order valence-electron chi connectivity index (χ4n) is 4.53. The molecule has 0 spiro atoms. The molecule has 0 unspecified atom stereocenters.